The molecule has 0 aliphatic heterocycles. The lowest BCUT2D eigenvalue weighted by Gasteiger charge is -2.57. The molecule has 174 valence electrons. The SMILES string of the molecule is [2H]C([2H])(CC(C)C(=O)O)C[C@@H](C)[C@H]1C([2H])([2H])C[C@H]2[C@@H]3C(=O)C=C4C[C@@H](O)CC[C@]4(C)[C@H]3CC[C@@]21C. The minimum Gasteiger partial charge on any atom is -0.481 e. The van der Waals surface area contributed by atoms with E-state index < -0.39 is 42.1 Å². The van der Waals surface area contributed by atoms with Crippen molar-refractivity contribution in [2.75, 3.05) is 0 Å². The summed E-state index contributed by atoms with van der Waals surface area (Å²) < 4.78 is 35.0. The Morgan fingerprint density at radius 1 is 1.23 bits per heavy atom. The Bertz CT molecular complexity index is 917. The van der Waals surface area contributed by atoms with Crippen LogP contribution in [-0.2, 0) is 9.59 Å². The van der Waals surface area contributed by atoms with Crippen LogP contribution < -0.4 is 0 Å². The van der Waals surface area contributed by atoms with E-state index in [9.17, 15) is 19.8 Å². The average molecular weight is 435 g/mol. The second-order valence-electron chi connectivity index (χ2n) is 11.4. The Morgan fingerprint density at radius 2 is 1.97 bits per heavy atom. The van der Waals surface area contributed by atoms with Crippen molar-refractivity contribution < 1.29 is 25.3 Å². The van der Waals surface area contributed by atoms with Crippen LogP contribution in [0.25, 0.3) is 0 Å². The fourth-order valence-electron chi connectivity index (χ4n) is 7.58. The highest BCUT2D eigenvalue weighted by Gasteiger charge is 2.61. The maximum Gasteiger partial charge on any atom is 0.306 e. The second kappa shape index (κ2) is 8.32. The van der Waals surface area contributed by atoms with Crippen LogP contribution in [0.2, 0.25) is 0 Å². The number of carboxylic acids is 1. The molecule has 0 amide bonds. The van der Waals surface area contributed by atoms with E-state index in [1.807, 2.05) is 6.92 Å². The van der Waals surface area contributed by atoms with Crippen LogP contribution in [0.5, 0.6) is 0 Å². The summed E-state index contributed by atoms with van der Waals surface area (Å²) in [6, 6.07) is 0. The fraction of sp³-hybridized carbons (Fsp3) is 0.852. The lowest BCUT2D eigenvalue weighted by atomic mass is 9.46. The van der Waals surface area contributed by atoms with Gasteiger partial charge in [-0.05, 0) is 91.9 Å². The highest BCUT2D eigenvalue weighted by atomic mass is 16.4. The fourth-order valence-corrected chi connectivity index (χ4v) is 7.58. The molecule has 4 rings (SSSR count). The molecule has 0 aromatic heterocycles. The van der Waals surface area contributed by atoms with Gasteiger partial charge in [-0.1, -0.05) is 46.1 Å². The van der Waals surface area contributed by atoms with Crippen LogP contribution in [-0.4, -0.2) is 28.1 Å². The van der Waals surface area contributed by atoms with E-state index in [1.165, 1.54) is 6.92 Å². The first-order valence-corrected chi connectivity index (χ1v) is 12.2. The predicted octanol–water partition coefficient (Wildman–Crippen LogP) is 5.63. The van der Waals surface area contributed by atoms with E-state index in [0.717, 1.165) is 31.3 Å². The highest BCUT2D eigenvalue weighted by molar-refractivity contribution is 5.94. The van der Waals surface area contributed by atoms with Crippen molar-refractivity contribution in [3.8, 4) is 0 Å². The molecular weight excluding hydrogens is 388 g/mol. The molecule has 0 aromatic carbocycles. The molecule has 0 radical (unpaired) electrons. The molecular formula is C27H42O4. The molecule has 31 heavy (non-hydrogen) atoms. The van der Waals surface area contributed by atoms with Crippen molar-refractivity contribution in [3.05, 3.63) is 11.6 Å². The standard InChI is InChI=1S/C27H42O4/c1-16(6-5-7-17(2)25(30)31)20-8-9-21-24-22(11-13-27(20,21)4)26(3)12-10-19(28)14-18(26)15-23(24)29/h15-17,19-22,24,28H,5-14H2,1-4H3,(H,30,31)/t16-,17?,19+,20-,21+,22+,24+,26+,27-/m1/s1/i5D2,8D2. The van der Waals surface area contributed by atoms with Crippen LogP contribution in [0, 0.1) is 46.3 Å². The highest BCUT2D eigenvalue weighted by Crippen LogP contribution is 2.66. The number of hydrogen-bond acceptors (Lipinski definition) is 3. The van der Waals surface area contributed by atoms with Gasteiger partial charge in [-0.15, -0.1) is 0 Å². The molecule has 9 atom stereocenters. The molecule has 3 fully saturated rings. The van der Waals surface area contributed by atoms with Gasteiger partial charge >= 0.3 is 5.97 Å². The smallest absolute Gasteiger partial charge is 0.306 e. The Kier molecular flexibility index (Phi) is 4.91. The summed E-state index contributed by atoms with van der Waals surface area (Å²) in [5.74, 6) is -2.57. The number of carbonyl (C=O) groups excluding carboxylic acids is 1. The number of rotatable bonds is 6. The molecule has 4 aliphatic carbocycles. The lowest BCUT2D eigenvalue weighted by molar-refractivity contribution is -0.141. The van der Waals surface area contributed by atoms with Gasteiger partial charge in [-0.3, -0.25) is 9.59 Å². The Balaban J connectivity index is 1.62. The molecule has 0 bridgehead atoms. The first-order valence-electron chi connectivity index (χ1n) is 14.2. The van der Waals surface area contributed by atoms with Gasteiger partial charge in [0.15, 0.2) is 5.78 Å². The third kappa shape index (κ3) is 3.81. The first kappa shape index (κ1) is 18.3. The molecule has 0 aromatic rings. The van der Waals surface area contributed by atoms with Gasteiger partial charge in [0.25, 0.3) is 0 Å². The summed E-state index contributed by atoms with van der Waals surface area (Å²) in [6.07, 6.45) is 2.27. The van der Waals surface area contributed by atoms with E-state index >= 15 is 0 Å². The number of carbonyl (C=O) groups is 2. The van der Waals surface area contributed by atoms with Crippen molar-refractivity contribution >= 4 is 11.8 Å². The molecule has 0 spiro atoms. The molecule has 4 nitrogen and oxygen atoms in total. The van der Waals surface area contributed by atoms with Gasteiger partial charge in [-0.2, -0.15) is 0 Å². The first-order chi connectivity index (χ1) is 16.0. The molecule has 2 N–H and O–H groups in total. The zero-order valence-corrected chi connectivity index (χ0v) is 19.5. The molecule has 0 saturated heterocycles. The lowest BCUT2D eigenvalue weighted by Crippen LogP contribution is -2.53. The minimum absolute atomic E-state index is 0.0854. The van der Waals surface area contributed by atoms with E-state index in [-0.39, 0.29) is 47.7 Å². The average Bonchev–Trinajstić information content (AvgIpc) is 2.93. The number of aliphatic carboxylic acids is 1. The minimum atomic E-state index is -1.70. The number of aliphatic hydroxyl groups is 1. The maximum absolute atomic E-state index is 13.5. The van der Waals surface area contributed by atoms with Gasteiger partial charge in [-0.25, -0.2) is 0 Å². The van der Waals surface area contributed by atoms with E-state index in [1.54, 1.807) is 6.08 Å². The van der Waals surface area contributed by atoms with E-state index in [2.05, 4.69) is 13.8 Å². The van der Waals surface area contributed by atoms with Crippen LogP contribution >= 0.6 is 0 Å². The topological polar surface area (TPSA) is 74.6 Å². The third-order valence-corrected chi connectivity index (χ3v) is 9.53. The Morgan fingerprint density at radius 3 is 2.68 bits per heavy atom. The van der Waals surface area contributed by atoms with Gasteiger partial charge < -0.3 is 10.2 Å². The zero-order valence-electron chi connectivity index (χ0n) is 23.5. The number of allylic oxidation sites excluding steroid dienone is 1. The van der Waals surface area contributed by atoms with Gasteiger partial charge in [0.2, 0.25) is 0 Å². The maximum atomic E-state index is 13.5. The number of hydrogen-bond donors (Lipinski definition) is 2. The van der Waals surface area contributed by atoms with Crippen molar-refractivity contribution in [2.24, 2.45) is 46.3 Å². The summed E-state index contributed by atoms with van der Waals surface area (Å²) in [4.78, 5) is 24.8. The molecule has 1 unspecified atom stereocenters. The van der Waals surface area contributed by atoms with E-state index in [4.69, 9.17) is 5.48 Å². The summed E-state index contributed by atoms with van der Waals surface area (Å²) in [5, 5.41) is 19.5. The van der Waals surface area contributed by atoms with E-state index in [0.29, 0.717) is 12.8 Å². The van der Waals surface area contributed by atoms with Crippen molar-refractivity contribution in [1.82, 2.24) is 0 Å². The van der Waals surface area contributed by atoms with Gasteiger partial charge in [0, 0.05) is 11.4 Å². The Hall–Kier alpha value is -1.16. The van der Waals surface area contributed by atoms with Crippen molar-refractivity contribution in [3.63, 3.8) is 0 Å². The number of fused-ring (bicyclic) bond motifs is 5. The molecule has 4 aliphatic rings. The van der Waals surface area contributed by atoms with Crippen molar-refractivity contribution in [2.45, 2.75) is 97.9 Å². The normalized spacial score (nSPS) is 48.0. The van der Waals surface area contributed by atoms with Crippen LogP contribution in [0.15, 0.2) is 11.6 Å². The number of ketones is 1. The van der Waals surface area contributed by atoms with Gasteiger partial charge in [0.05, 0.1) is 12.0 Å². The number of aliphatic hydroxyl groups excluding tert-OH is 1. The summed E-state index contributed by atoms with van der Waals surface area (Å²) in [5.41, 5.74) is 0.530. The van der Waals surface area contributed by atoms with Crippen LogP contribution in [0.1, 0.15) is 97.3 Å². The zero-order chi connectivity index (χ0) is 26.1. The monoisotopic (exact) mass is 434 g/mol. The largest absolute Gasteiger partial charge is 0.481 e. The quantitative estimate of drug-likeness (QED) is 0.568. The summed E-state index contributed by atoms with van der Waals surface area (Å²) >= 11 is 0. The number of carboxylic acid groups (broad SMARTS) is 1. The third-order valence-electron chi connectivity index (χ3n) is 9.53. The van der Waals surface area contributed by atoms with Crippen molar-refractivity contribution in [1.29, 1.82) is 0 Å². The summed E-state index contributed by atoms with van der Waals surface area (Å²) in [6.45, 7) is 7.78. The summed E-state index contributed by atoms with van der Waals surface area (Å²) in [7, 11) is 0. The van der Waals surface area contributed by atoms with Gasteiger partial charge in [0.1, 0.15) is 0 Å². The second-order valence-corrected chi connectivity index (χ2v) is 11.4. The van der Waals surface area contributed by atoms with Crippen LogP contribution in [0.4, 0.5) is 0 Å². The molecule has 3 saturated carbocycles. The Labute approximate surface area is 193 Å². The predicted molar refractivity (Wildman–Crippen MR) is 121 cm³/mol. The van der Waals surface area contributed by atoms with Crippen LogP contribution in [0.3, 0.4) is 0 Å². The molecule has 0 heterocycles. The molecule has 4 heteroatoms.